The van der Waals surface area contributed by atoms with Gasteiger partial charge in [0.15, 0.2) is 0 Å². The molecule has 0 N–H and O–H groups in total. The van der Waals surface area contributed by atoms with Gasteiger partial charge in [-0.1, -0.05) is 41.5 Å². The largest absolute Gasteiger partial charge is 0.339 e. The molecule has 16 heavy (non-hydrogen) atoms. The predicted molar refractivity (Wildman–Crippen MR) is 68.3 cm³/mol. The number of hydrogen-bond donors (Lipinski definition) is 0. The number of hydrogen-bond acceptors (Lipinski definition) is 1. The van der Waals surface area contributed by atoms with E-state index in [1.807, 2.05) is 20.8 Å². The summed E-state index contributed by atoms with van der Waals surface area (Å²) in [4.78, 5) is 14.4. The van der Waals surface area contributed by atoms with Crippen LogP contribution in [0, 0.1) is 10.8 Å². The molecule has 94 valence electrons. The first-order chi connectivity index (χ1) is 7.11. The van der Waals surface area contributed by atoms with Gasteiger partial charge in [0.1, 0.15) is 0 Å². The molecule has 2 nitrogen and oxygen atoms in total. The standard InChI is InChI=1S/C14H27NO/c1-13(2,3)10-11-8-7-9-15(11)12(16)14(4,5)6/h11H,7-10H2,1-6H3. The van der Waals surface area contributed by atoms with Crippen LogP contribution in [0.2, 0.25) is 0 Å². The Hall–Kier alpha value is -0.530. The van der Waals surface area contributed by atoms with Gasteiger partial charge in [-0.3, -0.25) is 4.79 Å². The van der Waals surface area contributed by atoms with Crippen molar-refractivity contribution >= 4 is 5.91 Å². The van der Waals surface area contributed by atoms with Crippen molar-refractivity contribution in [3.05, 3.63) is 0 Å². The summed E-state index contributed by atoms with van der Waals surface area (Å²) in [5.74, 6) is 0.319. The molecule has 1 unspecified atom stereocenters. The Morgan fingerprint density at radius 3 is 2.19 bits per heavy atom. The van der Waals surface area contributed by atoms with Gasteiger partial charge in [-0.2, -0.15) is 0 Å². The molecule has 1 amide bonds. The number of nitrogens with zero attached hydrogens (tertiary/aromatic N) is 1. The van der Waals surface area contributed by atoms with Crippen molar-refractivity contribution in [3.8, 4) is 0 Å². The fourth-order valence-corrected chi connectivity index (χ4v) is 2.45. The van der Waals surface area contributed by atoms with Crippen molar-refractivity contribution < 1.29 is 4.79 Å². The Kier molecular flexibility index (Phi) is 3.71. The minimum absolute atomic E-state index is 0.236. The maximum absolute atomic E-state index is 12.3. The van der Waals surface area contributed by atoms with Crippen LogP contribution in [0.4, 0.5) is 0 Å². The highest BCUT2D eigenvalue weighted by atomic mass is 16.2. The molecule has 1 heterocycles. The van der Waals surface area contributed by atoms with Gasteiger partial charge in [-0.15, -0.1) is 0 Å². The SMILES string of the molecule is CC(C)(C)CC1CCCN1C(=O)C(C)(C)C. The van der Waals surface area contributed by atoms with Crippen molar-refractivity contribution in [1.82, 2.24) is 4.90 Å². The van der Waals surface area contributed by atoms with Crippen molar-refractivity contribution in [2.24, 2.45) is 10.8 Å². The molecule has 1 atom stereocenters. The molecular formula is C14H27NO. The molecule has 0 aromatic rings. The van der Waals surface area contributed by atoms with Gasteiger partial charge in [0.05, 0.1) is 0 Å². The van der Waals surface area contributed by atoms with Crippen molar-refractivity contribution in [2.75, 3.05) is 6.54 Å². The molecule has 0 bridgehead atoms. The van der Waals surface area contributed by atoms with E-state index in [4.69, 9.17) is 0 Å². The topological polar surface area (TPSA) is 20.3 Å². The number of amides is 1. The summed E-state index contributed by atoms with van der Waals surface area (Å²) in [6.45, 7) is 13.8. The van der Waals surface area contributed by atoms with Crippen LogP contribution < -0.4 is 0 Å². The first-order valence-electron chi connectivity index (χ1n) is 6.42. The highest BCUT2D eigenvalue weighted by molar-refractivity contribution is 5.82. The zero-order chi connectivity index (χ0) is 12.6. The van der Waals surface area contributed by atoms with Crippen molar-refractivity contribution in [3.63, 3.8) is 0 Å². The van der Waals surface area contributed by atoms with Crippen LogP contribution in [-0.2, 0) is 4.79 Å². The normalized spacial score (nSPS) is 22.6. The summed E-state index contributed by atoms with van der Waals surface area (Å²) in [6.07, 6.45) is 3.47. The number of carbonyl (C=O) groups excluding carboxylic acids is 1. The van der Waals surface area contributed by atoms with Gasteiger partial charge in [0.25, 0.3) is 0 Å². The lowest BCUT2D eigenvalue weighted by Crippen LogP contribution is -2.43. The average Bonchev–Trinajstić information content (AvgIpc) is 2.46. The summed E-state index contributed by atoms with van der Waals surface area (Å²) < 4.78 is 0. The zero-order valence-corrected chi connectivity index (χ0v) is 11.8. The van der Waals surface area contributed by atoms with Crippen LogP contribution in [0.1, 0.15) is 60.8 Å². The summed E-state index contributed by atoms with van der Waals surface area (Å²) in [5.41, 5.74) is 0.0753. The van der Waals surface area contributed by atoms with Crippen LogP contribution in [0.15, 0.2) is 0 Å². The molecule has 0 aromatic carbocycles. The van der Waals surface area contributed by atoms with E-state index in [-0.39, 0.29) is 5.41 Å². The van der Waals surface area contributed by atoms with E-state index in [0.29, 0.717) is 17.4 Å². The maximum Gasteiger partial charge on any atom is 0.228 e. The zero-order valence-electron chi connectivity index (χ0n) is 11.8. The second kappa shape index (κ2) is 4.38. The van der Waals surface area contributed by atoms with E-state index in [9.17, 15) is 4.79 Å². The Balaban J connectivity index is 2.70. The lowest BCUT2D eigenvalue weighted by atomic mass is 9.86. The molecule has 0 radical (unpaired) electrons. The van der Waals surface area contributed by atoms with Crippen molar-refractivity contribution in [1.29, 1.82) is 0 Å². The first-order valence-corrected chi connectivity index (χ1v) is 6.42. The van der Waals surface area contributed by atoms with Gasteiger partial charge in [0, 0.05) is 18.0 Å². The van der Waals surface area contributed by atoms with Crippen LogP contribution in [0.25, 0.3) is 0 Å². The van der Waals surface area contributed by atoms with E-state index < -0.39 is 0 Å². The fourth-order valence-electron chi connectivity index (χ4n) is 2.45. The Morgan fingerprint density at radius 1 is 1.19 bits per heavy atom. The van der Waals surface area contributed by atoms with E-state index in [1.165, 1.54) is 12.8 Å². The van der Waals surface area contributed by atoms with Gasteiger partial charge in [0.2, 0.25) is 5.91 Å². The predicted octanol–water partition coefficient (Wildman–Crippen LogP) is 3.46. The minimum atomic E-state index is -0.236. The molecule has 0 spiro atoms. The third-order valence-corrected chi connectivity index (χ3v) is 3.13. The van der Waals surface area contributed by atoms with Crippen LogP contribution >= 0.6 is 0 Å². The maximum atomic E-state index is 12.3. The molecule has 1 saturated heterocycles. The smallest absolute Gasteiger partial charge is 0.228 e. The van der Waals surface area contributed by atoms with Gasteiger partial charge < -0.3 is 4.90 Å². The number of likely N-dealkylation sites (tertiary alicyclic amines) is 1. The fraction of sp³-hybridized carbons (Fsp3) is 0.929. The molecular weight excluding hydrogens is 198 g/mol. The van der Waals surface area contributed by atoms with Crippen LogP contribution in [0.3, 0.4) is 0 Å². The van der Waals surface area contributed by atoms with E-state index in [0.717, 1.165) is 13.0 Å². The summed E-state index contributed by atoms with van der Waals surface area (Å²) in [6, 6.07) is 0.465. The molecule has 1 fully saturated rings. The lowest BCUT2D eigenvalue weighted by Gasteiger charge is -2.34. The van der Waals surface area contributed by atoms with E-state index >= 15 is 0 Å². The third-order valence-electron chi connectivity index (χ3n) is 3.13. The van der Waals surface area contributed by atoms with Crippen LogP contribution in [0.5, 0.6) is 0 Å². The molecule has 2 heteroatoms. The monoisotopic (exact) mass is 225 g/mol. The Labute approximate surface area is 100 Å². The number of rotatable bonds is 1. The lowest BCUT2D eigenvalue weighted by molar-refractivity contribution is -0.140. The number of carbonyl (C=O) groups is 1. The Morgan fingerprint density at radius 2 is 1.75 bits per heavy atom. The third kappa shape index (κ3) is 3.50. The molecule has 1 aliphatic heterocycles. The quantitative estimate of drug-likeness (QED) is 0.669. The van der Waals surface area contributed by atoms with E-state index in [2.05, 4.69) is 25.7 Å². The highest BCUT2D eigenvalue weighted by Crippen LogP contribution is 2.32. The molecule has 0 saturated carbocycles. The second-order valence-corrected chi connectivity index (χ2v) is 7.31. The van der Waals surface area contributed by atoms with Gasteiger partial charge in [-0.05, 0) is 24.7 Å². The molecule has 1 rings (SSSR count). The first kappa shape index (κ1) is 13.5. The average molecular weight is 225 g/mol. The molecule has 1 aliphatic rings. The van der Waals surface area contributed by atoms with Crippen molar-refractivity contribution in [2.45, 2.75) is 66.8 Å². The summed E-state index contributed by atoms with van der Waals surface area (Å²) >= 11 is 0. The van der Waals surface area contributed by atoms with Crippen LogP contribution in [-0.4, -0.2) is 23.4 Å². The highest BCUT2D eigenvalue weighted by Gasteiger charge is 2.36. The van der Waals surface area contributed by atoms with Gasteiger partial charge in [-0.25, -0.2) is 0 Å². The van der Waals surface area contributed by atoms with Gasteiger partial charge >= 0.3 is 0 Å². The minimum Gasteiger partial charge on any atom is -0.339 e. The summed E-state index contributed by atoms with van der Waals surface area (Å²) in [7, 11) is 0. The molecule has 0 aliphatic carbocycles. The van der Waals surface area contributed by atoms with E-state index in [1.54, 1.807) is 0 Å². The molecule has 0 aromatic heterocycles. The summed E-state index contributed by atoms with van der Waals surface area (Å²) in [5, 5.41) is 0. The Bertz CT molecular complexity index is 257. The second-order valence-electron chi connectivity index (χ2n) is 7.31.